The number of benzene rings is 2. The Kier molecular flexibility index (Phi) is 4.55. The van der Waals surface area contributed by atoms with Crippen molar-refractivity contribution in [3.05, 3.63) is 88.7 Å². The van der Waals surface area contributed by atoms with Crippen molar-refractivity contribution in [2.24, 2.45) is 7.05 Å². The van der Waals surface area contributed by atoms with Gasteiger partial charge >= 0.3 is 0 Å². The molecule has 3 amide bonds. The van der Waals surface area contributed by atoms with Gasteiger partial charge in [-0.15, -0.1) is 0 Å². The first-order valence-corrected chi connectivity index (χ1v) is 10.1. The Balaban J connectivity index is 1.39. The molecule has 0 radical (unpaired) electrons. The lowest BCUT2D eigenvalue weighted by Gasteiger charge is -2.13. The summed E-state index contributed by atoms with van der Waals surface area (Å²) in [5.74, 6) is -1.16. The molecule has 0 unspecified atom stereocenters. The summed E-state index contributed by atoms with van der Waals surface area (Å²) in [6, 6.07) is 15.7. The van der Waals surface area contributed by atoms with Crippen LogP contribution in [0.5, 0.6) is 0 Å². The topological polar surface area (TPSA) is 97.2 Å². The quantitative estimate of drug-likeness (QED) is 0.506. The smallest absolute Gasteiger partial charge is 0.261 e. The van der Waals surface area contributed by atoms with E-state index in [1.807, 2.05) is 50.4 Å². The van der Waals surface area contributed by atoms with Crippen molar-refractivity contribution in [1.29, 1.82) is 0 Å². The van der Waals surface area contributed by atoms with E-state index in [0.29, 0.717) is 11.3 Å². The third kappa shape index (κ3) is 3.22. The number of nitrogens with zero attached hydrogens (tertiary/aromatic N) is 4. The number of imide groups is 1. The van der Waals surface area contributed by atoms with Gasteiger partial charge in [-0.3, -0.25) is 24.0 Å². The molecule has 2 aromatic heterocycles. The van der Waals surface area contributed by atoms with Crippen LogP contribution in [0.4, 0.5) is 5.69 Å². The molecule has 0 aliphatic carbocycles. The first-order valence-electron chi connectivity index (χ1n) is 10.1. The van der Waals surface area contributed by atoms with Gasteiger partial charge < -0.3 is 5.32 Å². The molecule has 1 aliphatic heterocycles. The fraction of sp³-hybridized carbons (Fsp3) is 0.125. The van der Waals surface area contributed by atoms with Gasteiger partial charge in [-0.05, 0) is 36.8 Å². The molecule has 32 heavy (non-hydrogen) atoms. The van der Waals surface area contributed by atoms with Crippen LogP contribution in [0.1, 0.15) is 42.3 Å². The number of aryl methyl sites for hydroxylation is 2. The first kappa shape index (κ1) is 19.6. The molecule has 0 atom stereocenters. The molecule has 4 aromatic rings. The Labute approximate surface area is 183 Å². The monoisotopic (exact) mass is 425 g/mol. The highest BCUT2D eigenvalue weighted by atomic mass is 16.2. The summed E-state index contributed by atoms with van der Waals surface area (Å²) >= 11 is 0. The summed E-state index contributed by atoms with van der Waals surface area (Å²) in [5.41, 5.74) is 3.73. The minimum absolute atomic E-state index is 0.185. The zero-order valence-corrected chi connectivity index (χ0v) is 17.5. The fourth-order valence-corrected chi connectivity index (χ4v) is 3.92. The van der Waals surface area contributed by atoms with Gasteiger partial charge in [-0.2, -0.15) is 5.10 Å². The van der Waals surface area contributed by atoms with Crippen molar-refractivity contribution < 1.29 is 14.4 Å². The molecule has 2 aromatic carbocycles. The molecule has 1 aliphatic rings. The standard InChI is InChI=1S/C24H19N5O3/c1-14-19-11-17(12-25-21(19)28(2)27-14)26-22(30)16-8-9-18-20(10-16)24(32)29(23(18)31)13-15-6-4-3-5-7-15/h3-12H,13H2,1-2H3,(H,26,30). The lowest BCUT2D eigenvalue weighted by molar-refractivity contribution is 0.0642. The van der Waals surface area contributed by atoms with E-state index >= 15 is 0 Å². The summed E-state index contributed by atoms with van der Waals surface area (Å²) in [6.45, 7) is 2.06. The maximum absolute atomic E-state index is 12.9. The van der Waals surface area contributed by atoms with Crippen LogP contribution in [0.15, 0.2) is 60.8 Å². The molecule has 0 saturated heterocycles. The molecule has 3 heterocycles. The zero-order chi connectivity index (χ0) is 22.4. The summed E-state index contributed by atoms with van der Waals surface area (Å²) in [6.07, 6.45) is 1.56. The molecule has 8 heteroatoms. The normalized spacial score (nSPS) is 13.0. The summed E-state index contributed by atoms with van der Waals surface area (Å²) in [7, 11) is 1.81. The number of rotatable bonds is 4. The molecule has 0 saturated carbocycles. The van der Waals surface area contributed by atoms with Gasteiger partial charge in [0.25, 0.3) is 17.7 Å². The van der Waals surface area contributed by atoms with Crippen LogP contribution in [-0.2, 0) is 13.6 Å². The van der Waals surface area contributed by atoms with E-state index in [1.54, 1.807) is 16.9 Å². The lowest BCUT2D eigenvalue weighted by atomic mass is 10.1. The van der Waals surface area contributed by atoms with Crippen molar-refractivity contribution >= 4 is 34.4 Å². The maximum Gasteiger partial charge on any atom is 0.261 e. The van der Waals surface area contributed by atoms with Crippen LogP contribution in [0.2, 0.25) is 0 Å². The van der Waals surface area contributed by atoms with E-state index in [2.05, 4.69) is 15.4 Å². The molecule has 0 spiro atoms. The summed E-state index contributed by atoms with van der Waals surface area (Å²) in [4.78, 5) is 44.0. The number of aromatic nitrogens is 3. The Morgan fingerprint density at radius 2 is 1.75 bits per heavy atom. The van der Waals surface area contributed by atoms with Gasteiger partial charge in [-0.25, -0.2) is 4.98 Å². The van der Waals surface area contributed by atoms with Crippen molar-refractivity contribution in [2.75, 3.05) is 5.32 Å². The van der Waals surface area contributed by atoms with Crippen LogP contribution in [-0.4, -0.2) is 37.4 Å². The van der Waals surface area contributed by atoms with Crippen molar-refractivity contribution in [3.63, 3.8) is 0 Å². The Hall–Kier alpha value is -4.33. The number of carbonyl (C=O) groups is 3. The van der Waals surface area contributed by atoms with Gasteiger partial charge in [0.05, 0.1) is 35.2 Å². The van der Waals surface area contributed by atoms with E-state index in [4.69, 9.17) is 0 Å². The first-order chi connectivity index (χ1) is 15.4. The van der Waals surface area contributed by atoms with E-state index in [1.165, 1.54) is 17.0 Å². The van der Waals surface area contributed by atoms with Gasteiger partial charge in [0.15, 0.2) is 5.65 Å². The van der Waals surface area contributed by atoms with Crippen LogP contribution in [0.25, 0.3) is 11.0 Å². The number of nitrogens with one attached hydrogen (secondary N) is 1. The Morgan fingerprint density at radius 1 is 1.00 bits per heavy atom. The largest absolute Gasteiger partial charge is 0.321 e. The van der Waals surface area contributed by atoms with Crippen LogP contribution < -0.4 is 5.32 Å². The van der Waals surface area contributed by atoms with E-state index in [9.17, 15) is 14.4 Å². The fourth-order valence-electron chi connectivity index (χ4n) is 3.92. The highest BCUT2D eigenvalue weighted by Gasteiger charge is 2.36. The third-order valence-electron chi connectivity index (χ3n) is 5.54. The number of hydrogen-bond donors (Lipinski definition) is 1. The molecule has 0 fully saturated rings. The van der Waals surface area contributed by atoms with Gasteiger partial charge in [-0.1, -0.05) is 30.3 Å². The second-order valence-corrected chi connectivity index (χ2v) is 7.70. The number of hydrogen-bond acceptors (Lipinski definition) is 5. The highest BCUT2D eigenvalue weighted by Crippen LogP contribution is 2.26. The number of carbonyl (C=O) groups excluding carboxylic acids is 3. The van der Waals surface area contributed by atoms with Gasteiger partial charge in [0.1, 0.15) is 0 Å². The van der Waals surface area contributed by atoms with Crippen molar-refractivity contribution in [1.82, 2.24) is 19.7 Å². The number of anilines is 1. The van der Waals surface area contributed by atoms with Crippen LogP contribution >= 0.6 is 0 Å². The Bertz CT molecular complexity index is 1410. The minimum Gasteiger partial charge on any atom is -0.321 e. The molecule has 0 bridgehead atoms. The van der Waals surface area contributed by atoms with Crippen molar-refractivity contribution in [3.8, 4) is 0 Å². The SMILES string of the molecule is Cc1nn(C)c2ncc(NC(=O)c3ccc4c(c3)C(=O)N(Cc3ccccc3)C4=O)cc12. The number of fused-ring (bicyclic) bond motifs is 2. The predicted octanol–water partition coefficient (Wildman–Crippen LogP) is 3.33. The van der Waals surface area contributed by atoms with Gasteiger partial charge in [0, 0.05) is 18.0 Å². The van der Waals surface area contributed by atoms with E-state index in [-0.39, 0.29) is 23.6 Å². The minimum atomic E-state index is -0.405. The predicted molar refractivity (Wildman–Crippen MR) is 118 cm³/mol. The molecule has 158 valence electrons. The highest BCUT2D eigenvalue weighted by molar-refractivity contribution is 6.22. The lowest BCUT2D eigenvalue weighted by Crippen LogP contribution is -2.29. The number of pyridine rings is 1. The molecular formula is C24H19N5O3. The average molecular weight is 425 g/mol. The average Bonchev–Trinajstić information content (AvgIpc) is 3.21. The Morgan fingerprint density at radius 3 is 2.53 bits per heavy atom. The number of amides is 3. The zero-order valence-electron chi connectivity index (χ0n) is 17.5. The van der Waals surface area contributed by atoms with Crippen LogP contribution in [0.3, 0.4) is 0 Å². The van der Waals surface area contributed by atoms with Gasteiger partial charge in [0.2, 0.25) is 0 Å². The molecular weight excluding hydrogens is 406 g/mol. The maximum atomic E-state index is 12.9. The molecule has 8 nitrogen and oxygen atoms in total. The second kappa shape index (κ2) is 7.42. The second-order valence-electron chi connectivity index (χ2n) is 7.70. The van der Waals surface area contributed by atoms with Crippen LogP contribution in [0, 0.1) is 6.92 Å². The molecule has 5 rings (SSSR count). The summed E-state index contributed by atoms with van der Waals surface area (Å²) in [5, 5.41) is 7.98. The van der Waals surface area contributed by atoms with E-state index in [0.717, 1.165) is 22.3 Å². The third-order valence-corrected chi connectivity index (χ3v) is 5.54. The van der Waals surface area contributed by atoms with E-state index < -0.39 is 11.8 Å². The van der Waals surface area contributed by atoms with Crippen molar-refractivity contribution in [2.45, 2.75) is 13.5 Å². The summed E-state index contributed by atoms with van der Waals surface area (Å²) < 4.78 is 1.68. The molecule has 1 N–H and O–H groups in total.